The standard InChI is InChI=1S/C30H31F2NO4/c1-18(33-11-10-20(15-31)16-33)17-36-28-8-6-22(13-26(28)32)30-29(21-4-3-5-23(34)12-21)19(2)25-14-24(35)7-9-27(25)37-30/h3-9,12-14,18,20,30,34-35H,10-11,15-17H2,1-2H3. The number of ether oxygens (including phenoxy) is 2. The fourth-order valence-corrected chi connectivity index (χ4v) is 5.22. The summed E-state index contributed by atoms with van der Waals surface area (Å²) in [5, 5.41) is 20.2. The first-order chi connectivity index (χ1) is 17.8. The Kier molecular flexibility index (Phi) is 7.07. The number of alkyl halides is 1. The molecule has 3 unspecified atom stereocenters. The molecule has 7 heteroatoms. The van der Waals surface area contributed by atoms with Crippen LogP contribution in [0.15, 0.2) is 60.7 Å². The number of benzene rings is 3. The summed E-state index contributed by atoms with van der Waals surface area (Å²) in [6, 6.07) is 16.6. The molecule has 3 atom stereocenters. The van der Waals surface area contributed by atoms with E-state index in [1.54, 1.807) is 48.5 Å². The zero-order valence-corrected chi connectivity index (χ0v) is 21.0. The maximum Gasteiger partial charge on any atom is 0.165 e. The largest absolute Gasteiger partial charge is 0.508 e. The lowest BCUT2D eigenvalue weighted by Crippen LogP contribution is -2.35. The molecule has 0 aromatic heterocycles. The van der Waals surface area contributed by atoms with Gasteiger partial charge in [0, 0.05) is 35.2 Å². The Morgan fingerprint density at radius 2 is 1.89 bits per heavy atom. The summed E-state index contributed by atoms with van der Waals surface area (Å²) in [6.07, 6.45) is 0.200. The lowest BCUT2D eigenvalue weighted by atomic mass is 9.86. The van der Waals surface area contributed by atoms with Crippen molar-refractivity contribution >= 4 is 11.1 Å². The highest BCUT2D eigenvalue weighted by atomic mass is 19.1. The van der Waals surface area contributed by atoms with E-state index in [1.165, 1.54) is 6.07 Å². The summed E-state index contributed by atoms with van der Waals surface area (Å²) >= 11 is 0. The average molecular weight is 508 g/mol. The predicted octanol–water partition coefficient (Wildman–Crippen LogP) is 6.36. The zero-order valence-electron chi connectivity index (χ0n) is 21.0. The minimum atomic E-state index is -0.636. The average Bonchev–Trinajstić information content (AvgIpc) is 3.38. The number of likely N-dealkylation sites (tertiary alicyclic amines) is 1. The molecule has 0 bridgehead atoms. The summed E-state index contributed by atoms with van der Waals surface area (Å²) in [6.45, 7) is 5.45. The molecule has 5 nitrogen and oxygen atoms in total. The second-order valence-corrected chi connectivity index (χ2v) is 9.92. The van der Waals surface area contributed by atoms with Crippen LogP contribution in [0, 0.1) is 11.7 Å². The van der Waals surface area contributed by atoms with E-state index in [0.717, 1.165) is 35.2 Å². The van der Waals surface area contributed by atoms with Crippen molar-refractivity contribution in [3.8, 4) is 23.0 Å². The highest BCUT2D eigenvalue weighted by molar-refractivity contribution is 5.95. The van der Waals surface area contributed by atoms with E-state index < -0.39 is 11.9 Å². The van der Waals surface area contributed by atoms with E-state index in [9.17, 15) is 14.6 Å². The second-order valence-electron chi connectivity index (χ2n) is 9.92. The van der Waals surface area contributed by atoms with Crippen LogP contribution in [0.2, 0.25) is 0 Å². The van der Waals surface area contributed by atoms with Crippen LogP contribution in [0.25, 0.3) is 11.1 Å². The van der Waals surface area contributed by atoms with Crippen molar-refractivity contribution in [2.75, 3.05) is 26.4 Å². The van der Waals surface area contributed by atoms with Gasteiger partial charge in [-0.15, -0.1) is 0 Å². The number of hydrogen-bond donors (Lipinski definition) is 2. The number of phenolic OH excluding ortho intramolecular Hbond substituents is 2. The number of halogens is 2. The molecule has 37 heavy (non-hydrogen) atoms. The van der Waals surface area contributed by atoms with E-state index >= 15 is 4.39 Å². The van der Waals surface area contributed by atoms with Crippen molar-refractivity contribution in [1.82, 2.24) is 4.90 Å². The molecule has 0 amide bonds. The molecule has 0 radical (unpaired) electrons. The van der Waals surface area contributed by atoms with Gasteiger partial charge in [-0.2, -0.15) is 0 Å². The van der Waals surface area contributed by atoms with E-state index in [-0.39, 0.29) is 35.9 Å². The number of allylic oxidation sites excluding steroid dienone is 1. The van der Waals surface area contributed by atoms with Gasteiger partial charge in [0.1, 0.15) is 30.0 Å². The Morgan fingerprint density at radius 3 is 2.62 bits per heavy atom. The normalized spacial score (nSPS) is 20.4. The minimum Gasteiger partial charge on any atom is -0.508 e. The van der Waals surface area contributed by atoms with Gasteiger partial charge in [-0.25, -0.2) is 4.39 Å². The number of hydrogen-bond acceptors (Lipinski definition) is 5. The minimum absolute atomic E-state index is 0.0492. The molecule has 5 rings (SSSR count). The Morgan fingerprint density at radius 1 is 1.08 bits per heavy atom. The van der Waals surface area contributed by atoms with Crippen LogP contribution in [0.4, 0.5) is 8.78 Å². The molecule has 0 saturated carbocycles. The zero-order chi connectivity index (χ0) is 26.1. The van der Waals surface area contributed by atoms with Gasteiger partial charge in [0.2, 0.25) is 0 Å². The van der Waals surface area contributed by atoms with E-state index in [2.05, 4.69) is 4.90 Å². The molecule has 0 aliphatic carbocycles. The van der Waals surface area contributed by atoms with Crippen molar-refractivity contribution in [2.45, 2.75) is 32.4 Å². The molecule has 3 aromatic carbocycles. The van der Waals surface area contributed by atoms with Gasteiger partial charge < -0.3 is 19.7 Å². The van der Waals surface area contributed by atoms with Gasteiger partial charge in [0.15, 0.2) is 11.6 Å². The SMILES string of the molecule is CC1=C(c2cccc(O)c2)C(c2ccc(OCC(C)N3CCC(CF)C3)c(F)c2)Oc2ccc(O)cc21. The van der Waals surface area contributed by atoms with Gasteiger partial charge in [-0.05, 0) is 80.4 Å². The van der Waals surface area contributed by atoms with Crippen LogP contribution >= 0.6 is 0 Å². The maximum absolute atomic E-state index is 15.3. The van der Waals surface area contributed by atoms with Crippen molar-refractivity contribution < 1.29 is 28.5 Å². The van der Waals surface area contributed by atoms with Gasteiger partial charge in [0.25, 0.3) is 0 Å². The Balaban J connectivity index is 1.42. The Labute approximate surface area is 215 Å². The number of phenols is 2. The highest BCUT2D eigenvalue weighted by Crippen LogP contribution is 2.48. The van der Waals surface area contributed by atoms with Crippen LogP contribution in [0.1, 0.15) is 43.1 Å². The molecule has 2 aliphatic rings. The molecule has 2 heterocycles. The van der Waals surface area contributed by atoms with Crippen LogP contribution < -0.4 is 9.47 Å². The number of aromatic hydroxyl groups is 2. The third-order valence-corrected chi connectivity index (χ3v) is 7.33. The monoisotopic (exact) mass is 507 g/mol. The molecule has 1 saturated heterocycles. The maximum atomic E-state index is 15.3. The van der Waals surface area contributed by atoms with Crippen LogP contribution in [-0.4, -0.2) is 47.5 Å². The topological polar surface area (TPSA) is 62.2 Å². The van der Waals surface area contributed by atoms with Crippen LogP contribution in [-0.2, 0) is 0 Å². The van der Waals surface area contributed by atoms with Crippen molar-refractivity contribution in [2.24, 2.45) is 5.92 Å². The third kappa shape index (κ3) is 5.14. The molecule has 2 N–H and O–H groups in total. The number of nitrogens with zero attached hydrogens (tertiary/aromatic N) is 1. The highest BCUT2D eigenvalue weighted by Gasteiger charge is 2.31. The smallest absolute Gasteiger partial charge is 0.165 e. The van der Waals surface area contributed by atoms with Crippen molar-refractivity contribution in [1.29, 1.82) is 0 Å². The van der Waals surface area contributed by atoms with Gasteiger partial charge in [0.05, 0.1) is 6.67 Å². The summed E-state index contributed by atoms with van der Waals surface area (Å²) in [5.74, 6) is 0.527. The van der Waals surface area contributed by atoms with E-state index in [1.807, 2.05) is 19.9 Å². The first kappa shape index (κ1) is 25.1. The first-order valence-corrected chi connectivity index (χ1v) is 12.6. The Bertz CT molecular complexity index is 1320. The fraction of sp³-hybridized carbons (Fsp3) is 0.333. The van der Waals surface area contributed by atoms with Gasteiger partial charge in [-0.3, -0.25) is 9.29 Å². The predicted molar refractivity (Wildman–Crippen MR) is 139 cm³/mol. The second kappa shape index (κ2) is 10.4. The lowest BCUT2D eigenvalue weighted by molar-refractivity contribution is 0.162. The summed E-state index contributed by atoms with van der Waals surface area (Å²) < 4.78 is 40.4. The summed E-state index contributed by atoms with van der Waals surface area (Å²) in [5.41, 5.74) is 3.70. The van der Waals surface area contributed by atoms with Gasteiger partial charge in [-0.1, -0.05) is 18.2 Å². The molecule has 2 aliphatic heterocycles. The molecular weight excluding hydrogens is 476 g/mol. The van der Waals surface area contributed by atoms with E-state index in [0.29, 0.717) is 24.5 Å². The fourth-order valence-electron chi connectivity index (χ4n) is 5.22. The molecule has 194 valence electrons. The van der Waals surface area contributed by atoms with Gasteiger partial charge >= 0.3 is 0 Å². The molecular formula is C30H31F2NO4. The number of rotatable bonds is 7. The van der Waals surface area contributed by atoms with Crippen molar-refractivity contribution in [3.63, 3.8) is 0 Å². The van der Waals surface area contributed by atoms with Crippen molar-refractivity contribution in [3.05, 3.63) is 83.2 Å². The van der Waals surface area contributed by atoms with Crippen LogP contribution in [0.3, 0.4) is 0 Å². The Hall–Kier alpha value is -3.58. The third-order valence-electron chi connectivity index (χ3n) is 7.33. The first-order valence-electron chi connectivity index (χ1n) is 12.6. The van der Waals surface area contributed by atoms with Crippen LogP contribution in [0.5, 0.6) is 23.0 Å². The molecule has 1 fully saturated rings. The van der Waals surface area contributed by atoms with E-state index in [4.69, 9.17) is 9.47 Å². The molecule has 3 aromatic rings. The summed E-state index contributed by atoms with van der Waals surface area (Å²) in [4.78, 5) is 2.18. The number of fused-ring (bicyclic) bond motifs is 1. The summed E-state index contributed by atoms with van der Waals surface area (Å²) in [7, 11) is 0. The molecule has 0 spiro atoms. The lowest BCUT2D eigenvalue weighted by Gasteiger charge is -2.31. The quantitative estimate of drug-likeness (QED) is 0.390.